The monoisotopic (exact) mass is 653 g/mol. The van der Waals surface area contributed by atoms with Crippen LogP contribution in [-0.2, 0) is 24.2 Å². The molecule has 0 aromatic rings. The Morgan fingerprint density at radius 3 is 2.36 bits per heavy atom. The molecule has 258 valence electrons. The molecule has 14 unspecified atom stereocenters. The summed E-state index contributed by atoms with van der Waals surface area (Å²) in [7, 11) is -3.29. The first-order valence-electron chi connectivity index (χ1n) is 17.7. The van der Waals surface area contributed by atoms with Crippen molar-refractivity contribution in [3.8, 4) is 0 Å². The van der Waals surface area contributed by atoms with Gasteiger partial charge in [-0.3, -0.25) is 0 Å². The molecule has 0 bridgehead atoms. The van der Waals surface area contributed by atoms with Gasteiger partial charge in [0.25, 0.3) is 0 Å². The van der Waals surface area contributed by atoms with E-state index in [4.69, 9.17) is 14.2 Å². The number of nitrogens with zero attached hydrogens (tertiary/aromatic N) is 1. The maximum Gasteiger partial charge on any atom is 0.211 e. The second-order valence-corrected chi connectivity index (χ2v) is 20.2. The SMILES string of the molecule is CC1CC(C(O)C(C)(C)O)OC2C1C1(C)CCC34CC35CCC(OC3CN(S(C)(=O)=O)CCO3)C(C)(C)C5CCC4C1(C)C2O. The van der Waals surface area contributed by atoms with Crippen molar-refractivity contribution in [1.29, 1.82) is 0 Å². The van der Waals surface area contributed by atoms with E-state index in [1.54, 1.807) is 13.8 Å². The van der Waals surface area contributed by atoms with Crippen molar-refractivity contribution in [3.63, 3.8) is 0 Å². The Kier molecular flexibility index (Phi) is 7.46. The van der Waals surface area contributed by atoms with Crippen LogP contribution >= 0.6 is 0 Å². The molecule has 3 N–H and O–H groups in total. The van der Waals surface area contributed by atoms with E-state index in [0.29, 0.717) is 31.4 Å². The first kappa shape index (κ1) is 33.2. The summed E-state index contributed by atoms with van der Waals surface area (Å²) in [6.07, 6.45) is 6.68. The van der Waals surface area contributed by atoms with Crippen LogP contribution in [0.3, 0.4) is 0 Å². The van der Waals surface area contributed by atoms with Crippen molar-refractivity contribution in [2.75, 3.05) is 26.0 Å². The molecule has 0 amide bonds. The van der Waals surface area contributed by atoms with Crippen LogP contribution in [0.1, 0.15) is 99.8 Å². The molecule has 14 atom stereocenters. The number of ether oxygens (including phenoxy) is 3. The molecular formula is C35H59NO8S. The van der Waals surface area contributed by atoms with Gasteiger partial charge in [-0.2, -0.15) is 4.31 Å². The van der Waals surface area contributed by atoms with Gasteiger partial charge in [-0.1, -0.05) is 34.6 Å². The number of sulfonamides is 1. The van der Waals surface area contributed by atoms with Gasteiger partial charge in [-0.15, -0.1) is 0 Å². The van der Waals surface area contributed by atoms with E-state index in [1.165, 1.54) is 23.4 Å². The highest BCUT2D eigenvalue weighted by Crippen LogP contribution is 2.89. The quantitative estimate of drug-likeness (QED) is 0.408. The highest BCUT2D eigenvalue weighted by Gasteiger charge is 2.84. The zero-order valence-electron chi connectivity index (χ0n) is 28.8. The van der Waals surface area contributed by atoms with E-state index in [2.05, 4.69) is 34.6 Å². The Morgan fingerprint density at radius 2 is 1.69 bits per heavy atom. The van der Waals surface area contributed by atoms with E-state index in [9.17, 15) is 23.7 Å². The topological polar surface area (TPSA) is 126 Å². The number of aliphatic hydroxyl groups excluding tert-OH is 2. The Morgan fingerprint density at radius 1 is 1.02 bits per heavy atom. The second kappa shape index (κ2) is 10.1. The molecule has 7 rings (SSSR count). The largest absolute Gasteiger partial charge is 0.390 e. The van der Waals surface area contributed by atoms with E-state index in [0.717, 1.165) is 32.1 Å². The first-order chi connectivity index (χ1) is 20.7. The van der Waals surface area contributed by atoms with Crippen LogP contribution in [0.4, 0.5) is 0 Å². The van der Waals surface area contributed by atoms with Gasteiger partial charge in [0.15, 0.2) is 6.29 Å². The average Bonchev–Trinajstić information content (AvgIpc) is 3.58. The molecule has 9 nitrogen and oxygen atoms in total. The summed E-state index contributed by atoms with van der Waals surface area (Å²) in [5, 5.41) is 34.0. The standard InChI is InChI=1S/C35H59NO8S/c1-20-17-21(28(37)31(4,5)39)43-27-26(20)32(6)13-14-35-19-34(35)12-11-24(44-25-18-36(15-16-42-25)45(8,40)41)30(2,3)22(34)9-10-23(35)33(32,7)29(27)38/h20-29,37-39H,9-19H2,1-8H3. The highest BCUT2D eigenvalue weighted by atomic mass is 32.2. The third kappa shape index (κ3) is 4.37. The van der Waals surface area contributed by atoms with Crippen LogP contribution in [0.5, 0.6) is 0 Å². The number of fused-ring (bicyclic) bond motifs is 4. The Hall–Kier alpha value is -0.330. The second-order valence-electron chi connectivity index (χ2n) is 18.2. The fourth-order valence-electron chi connectivity index (χ4n) is 13.4. The predicted octanol–water partition coefficient (Wildman–Crippen LogP) is 3.93. The van der Waals surface area contributed by atoms with Crippen LogP contribution in [0, 0.1) is 50.7 Å². The van der Waals surface area contributed by atoms with Crippen LogP contribution in [0.25, 0.3) is 0 Å². The molecule has 10 heteroatoms. The molecule has 0 radical (unpaired) electrons. The minimum atomic E-state index is -3.29. The first-order valence-corrected chi connectivity index (χ1v) is 19.5. The van der Waals surface area contributed by atoms with Gasteiger partial charge in [0.2, 0.25) is 10.0 Å². The summed E-state index contributed by atoms with van der Waals surface area (Å²) in [4.78, 5) is 0. The smallest absolute Gasteiger partial charge is 0.211 e. The fraction of sp³-hybridized carbons (Fsp3) is 1.00. The molecule has 5 aliphatic carbocycles. The fourth-order valence-corrected chi connectivity index (χ4v) is 14.2. The Bertz CT molecular complexity index is 1300. The van der Waals surface area contributed by atoms with Crippen LogP contribution in [0.15, 0.2) is 0 Å². The van der Waals surface area contributed by atoms with Gasteiger partial charge in [0, 0.05) is 12.0 Å². The number of morpholine rings is 1. The lowest BCUT2D eigenvalue weighted by atomic mass is 9.41. The van der Waals surface area contributed by atoms with Crippen molar-refractivity contribution in [1.82, 2.24) is 4.31 Å². The summed E-state index contributed by atoms with van der Waals surface area (Å²) in [5.41, 5.74) is -1.24. The molecule has 0 aromatic carbocycles. The molecule has 7 fully saturated rings. The van der Waals surface area contributed by atoms with Crippen molar-refractivity contribution >= 4 is 10.0 Å². The average molecular weight is 654 g/mol. The van der Waals surface area contributed by atoms with Crippen molar-refractivity contribution in [2.24, 2.45) is 50.7 Å². The summed E-state index contributed by atoms with van der Waals surface area (Å²) in [6.45, 7) is 16.0. The van der Waals surface area contributed by atoms with Gasteiger partial charge >= 0.3 is 0 Å². The zero-order chi connectivity index (χ0) is 32.8. The Balaban J connectivity index is 1.13. The van der Waals surface area contributed by atoms with Gasteiger partial charge in [-0.05, 0) is 111 Å². The van der Waals surface area contributed by atoms with E-state index in [-0.39, 0.29) is 57.7 Å². The molecule has 0 aromatic heterocycles. The third-order valence-corrected chi connectivity index (χ3v) is 16.9. The van der Waals surface area contributed by atoms with Gasteiger partial charge < -0.3 is 29.5 Å². The van der Waals surface area contributed by atoms with Crippen LogP contribution < -0.4 is 0 Å². The molecule has 2 heterocycles. The number of aliphatic hydroxyl groups is 3. The lowest BCUT2D eigenvalue weighted by Crippen LogP contribution is -2.60. The van der Waals surface area contributed by atoms with Gasteiger partial charge in [0.05, 0.1) is 49.4 Å². The molecule has 2 saturated heterocycles. The molecule has 2 spiro atoms. The molecular weight excluding hydrogens is 594 g/mol. The third-order valence-electron chi connectivity index (χ3n) is 15.6. The summed E-state index contributed by atoms with van der Waals surface area (Å²) >= 11 is 0. The lowest BCUT2D eigenvalue weighted by Gasteiger charge is -2.64. The van der Waals surface area contributed by atoms with E-state index >= 15 is 0 Å². The number of rotatable bonds is 5. The molecule has 45 heavy (non-hydrogen) atoms. The molecule has 5 saturated carbocycles. The van der Waals surface area contributed by atoms with E-state index in [1.807, 2.05) is 0 Å². The lowest BCUT2D eigenvalue weighted by molar-refractivity contribution is -0.243. The van der Waals surface area contributed by atoms with Crippen molar-refractivity contribution in [2.45, 2.75) is 142 Å². The van der Waals surface area contributed by atoms with Crippen molar-refractivity contribution in [3.05, 3.63) is 0 Å². The summed E-state index contributed by atoms with van der Waals surface area (Å²) < 4.78 is 45.2. The minimum absolute atomic E-state index is 0.00426. The zero-order valence-corrected chi connectivity index (χ0v) is 29.6. The maximum absolute atomic E-state index is 12.4. The highest BCUT2D eigenvalue weighted by molar-refractivity contribution is 7.88. The predicted molar refractivity (Wildman–Crippen MR) is 169 cm³/mol. The summed E-state index contributed by atoms with van der Waals surface area (Å²) in [5.74, 6) is 1.41. The number of hydrogen-bond acceptors (Lipinski definition) is 8. The van der Waals surface area contributed by atoms with Crippen LogP contribution in [-0.4, -0.2) is 96.4 Å². The minimum Gasteiger partial charge on any atom is -0.390 e. The Labute approximate surface area is 270 Å². The van der Waals surface area contributed by atoms with Gasteiger partial charge in [-0.25, -0.2) is 8.42 Å². The van der Waals surface area contributed by atoms with Crippen molar-refractivity contribution < 1.29 is 37.9 Å². The van der Waals surface area contributed by atoms with Crippen LogP contribution in [0.2, 0.25) is 0 Å². The molecule has 7 aliphatic rings. The van der Waals surface area contributed by atoms with E-state index < -0.39 is 40.2 Å². The summed E-state index contributed by atoms with van der Waals surface area (Å²) in [6, 6.07) is 0. The number of hydrogen-bond donors (Lipinski definition) is 3. The molecule has 2 aliphatic heterocycles. The normalized spacial score (nSPS) is 53.4. The maximum atomic E-state index is 12.4. The van der Waals surface area contributed by atoms with Gasteiger partial charge in [0.1, 0.15) is 6.10 Å².